The standard InChI is InChI=1S/C10H20F3N3O2/c1-2-4-16(7-9(14)15-17)5-3-6-18-8-10(11,12)13/h17H,2-8H2,1H3,(H2,14,15). The summed E-state index contributed by atoms with van der Waals surface area (Å²) in [6.07, 6.45) is -2.94. The van der Waals surface area contributed by atoms with E-state index in [1.807, 2.05) is 11.8 Å². The van der Waals surface area contributed by atoms with Gasteiger partial charge in [-0.25, -0.2) is 0 Å². The normalized spacial score (nSPS) is 13.3. The van der Waals surface area contributed by atoms with Crippen LogP contribution in [-0.4, -0.2) is 55.0 Å². The molecule has 0 amide bonds. The van der Waals surface area contributed by atoms with Crippen LogP contribution in [0.25, 0.3) is 0 Å². The summed E-state index contributed by atoms with van der Waals surface area (Å²) in [5.41, 5.74) is 5.37. The molecule has 108 valence electrons. The Hall–Kier alpha value is -1.02. The number of halogens is 3. The molecule has 0 radical (unpaired) electrons. The highest BCUT2D eigenvalue weighted by Crippen LogP contribution is 2.14. The van der Waals surface area contributed by atoms with E-state index in [4.69, 9.17) is 10.9 Å². The summed E-state index contributed by atoms with van der Waals surface area (Å²) < 4.78 is 39.8. The first-order chi connectivity index (χ1) is 8.39. The minimum atomic E-state index is -4.28. The zero-order chi connectivity index (χ0) is 14.0. The van der Waals surface area contributed by atoms with Crippen LogP contribution in [0, 0.1) is 0 Å². The van der Waals surface area contributed by atoms with Crippen molar-refractivity contribution in [1.82, 2.24) is 4.90 Å². The smallest absolute Gasteiger partial charge is 0.409 e. The number of oxime groups is 1. The molecule has 0 bridgehead atoms. The maximum Gasteiger partial charge on any atom is 0.411 e. The molecule has 0 fully saturated rings. The van der Waals surface area contributed by atoms with Crippen molar-refractivity contribution in [2.45, 2.75) is 25.9 Å². The Morgan fingerprint density at radius 3 is 2.56 bits per heavy atom. The fraction of sp³-hybridized carbons (Fsp3) is 0.900. The van der Waals surface area contributed by atoms with E-state index in [2.05, 4.69) is 9.89 Å². The van der Waals surface area contributed by atoms with Crippen LogP contribution < -0.4 is 5.73 Å². The highest BCUT2D eigenvalue weighted by Gasteiger charge is 2.27. The molecule has 0 heterocycles. The third kappa shape index (κ3) is 10.2. The van der Waals surface area contributed by atoms with Crippen molar-refractivity contribution < 1.29 is 23.1 Å². The van der Waals surface area contributed by atoms with Crippen molar-refractivity contribution in [2.75, 3.05) is 32.8 Å². The number of amidine groups is 1. The molecule has 0 aliphatic carbocycles. The van der Waals surface area contributed by atoms with Gasteiger partial charge in [0.1, 0.15) is 6.61 Å². The van der Waals surface area contributed by atoms with Gasteiger partial charge >= 0.3 is 6.18 Å². The van der Waals surface area contributed by atoms with Crippen molar-refractivity contribution in [3.8, 4) is 0 Å². The molecular formula is C10H20F3N3O2. The van der Waals surface area contributed by atoms with Crippen LogP contribution in [0.1, 0.15) is 19.8 Å². The van der Waals surface area contributed by atoms with Gasteiger partial charge < -0.3 is 15.7 Å². The quantitative estimate of drug-likeness (QED) is 0.219. The fourth-order valence-electron chi connectivity index (χ4n) is 1.42. The molecular weight excluding hydrogens is 251 g/mol. The van der Waals surface area contributed by atoms with Crippen molar-refractivity contribution in [3.63, 3.8) is 0 Å². The van der Waals surface area contributed by atoms with E-state index >= 15 is 0 Å². The molecule has 0 aromatic heterocycles. The Morgan fingerprint density at radius 1 is 1.39 bits per heavy atom. The van der Waals surface area contributed by atoms with E-state index in [0.717, 1.165) is 13.0 Å². The first-order valence-electron chi connectivity index (χ1n) is 5.72. The number of nitrogens with zero attached hydrogens (tertiary/aromatic N) is 2. The summed E-state index contributed by atoms with van der Waals surface area (Å²) >= 11 is 0. The molecule has 0 saturated heterocycles. The highest BCUT2D eigenvalue weighted by atomic mass is 19.4. The zero-order valence-electron chi connectivity index (χ0n) is 10.4. The van der Waals surface area contributed by atoms with E-state index in [-0.39, 0.29) is 12.4 Å². The fourth-order valence-corrected chi connectivity index (χ4v) is 1.42. The van der Waals surface area contributed by atoms with Crippen molar-refractivity contribution in [3.05, 3.63) is 0 Å². The molecule has 0 saturated carbocycles. The molecule has 0 aliphatic heterocycles. The number of hydrogen-bond acceptors (Lipinski definition) is 4. The summed E-state index contributed by atoms with van der Waals surface area (Å²) in [6, 6.07) is 0. The Morgan fingerprint density at radius 2 is 2.06 bits per heavy atom. The SMILES string of the molecule is CCCN(CCCOCC(F)(F)F)CC(N)=NO. The minimum Gasteiger partial charge on any atom is -0.409 e. The largest absolute Gasteiger partial charge is 0.411 e. The van der Waals surface area contributed by atoms with Crippen molar-refractivity contribution >= 4 is 5.84 Å². The molecule has 0 aromatic rings. The Balaban J connectivity index is 3.77. The van der Waals surface area contributed by atoms with Gasteiger partial charge in [-0.15, -0.1) is 0 Å². The number of ether oxygens (including phenoxy) is 1. The highest BCUT2D eigenvalue weighted by molar-refractivity contribution is 5.81. The van der Waals surface area contributed by atoms with E-state index in [0.29, 0.717) is 19.5 Å². The van der Waals surface area contributed by atoms with E-state index in [1.165, 1.54) is 0 Å². The Kier molecular flexibility index (Phi) is 8.47. The Bertz CT molecular complexity index is 247. The molecule has 0 spiro atoms. The van der Waals surface area contributed by atoms with Gasteiger partial charge in [-0.1, -0.05) is 12.1 Å². The lowest BCUT2D eigenvalue weighted by molar-refractivity contribution is -0.174. The topological polar surface area (TPSA) is 71.1 Å². The minimum absolute atomic E-state index is 0.0376. The molecule has 0 aromatic carbocycles. The average Bonchev–Trinajstić information content (AvgIpc) is 2.27. The van der Waals surface area contributed by atoms with E-state index < -0.39 is 12.8 Å². The van der Waals surface area contributed by atoms with E-state index in [1.54, 1.807) is 0 Å². The monoisotopic (exact) mass is 271 g/mol. The lowest BCUT2D eigenvalue weighted by Gasteiger charge is -2.20. The van der Waals surface area contributed by atoms with Crippen molar-refractivity contribution in [2.24, 2.45) is 10.9 Å². The average molecular weight is 271 g/mol. The number of hydrogen-bond donors (Lipinski definition) is 2. The third-order valence-corrected chi connectivity index (χ3v) is 2.08. The van der Waals surface area contributed by atoms with Crippen LogP contribution in [0.2, 0.25) is 0 Å². The molecule has 3 N–H and O–H groups in total. The number of alkyl halides is 3. The van der Waals surface area contributed by atoms with Crippen LogP contribution in [-0.2, 0) is 4.74 Å². The lowest BCUT2D eigenvalue weighted by atomic mass is 10.3. The molecule has 0 aliphatic rings. The van der Waals surface area contributed by atoms with Gasteiger partial charge in [0.05, 0.1) is 6.54 Å². The van der Waals surface area contributed by atoms with Crippen molar-refractivity contribution in [1.29, 1.82) is 0 Å². The van der Waals surface area contributed by atoms with Gasteiger partial charge in [-0.05, 0) is 19.4 Å². The molecule has 0 rings (SSSR count). The summed E-state index contributed by atoms with van der Waals surface area (Å²) in [5, 5.41) is 11.3. The predicted molar refractivity (Wildman–Crippen MR) is 61.6 cm³/mol. The molecule has 18 heavy (non-hydrogen) atoms. The van der Waals surface area contributed by atoms with Crippen LogP contribution >= 0.6 is 0 Å². The van der Waals surface area contributed by atoms with Gasteiger partial charge in [0.2, 0.25) is 0 Å². The van der Waals surface area contributed by atoms with E-state index in [9.17, 15) is 13.2 Å². The first kappa shape index (κ1) is 17.0. The second-order valence-corrected chi connectivity index (χ2v) is 3.89. The van der Waals surface area contributed by atoms with Crippen LogP contribution in [0.3, 0.4) is 0 Å². The second kappa shape index (κ2) is 8.98. The Labute approximate surface area is 104 Å². The summed E-state index contributed by atoms with van der Waals surface area (Å²) in [5.74, 6) is 0.0830. The number of nitrogens with two attached hydrogens (primary N) is 1. The maximum atomic E-state index is 11.8. The van der Waals surface area contributed by atoms with Crippen LogP contribution in [0.15, 0.2) is 5.16 Å². The zero-order valence-corrected chi connectivity index (χ0v) is 10.4. The summed E-state index contributed by atoms with van der Waals surface area (Å²) in [6.45, 7) is 2.36. The summed E-state index contributed by atoms with van der Waals surface area (Å²) in [7, 11) is 0. The van der Waals surface area contributed by atoms with Gasteiger partial charge in [-0.3, -0.25) is 4.90 Å². The molecule has 0 atom stereocenters. The molecule has 8 heteroatoms. The second-order valence-electron chi connectivity index (χ2n) is 3.89. The van der Waals surface area contributed by atoms with Crippen LogP contribution in [0.5, 0.6) is 0 Å². The van der Waals surface area contributed by atoms with Gasteiger partial charge in [0.15, 0.2) is 5.84 Å². The van der Waals surface area contributed by atoms with Gasteiger partial charge in [-0.2, -0.15) is 13.2 Å². The molecule has 5 nitrogen and oxygen atoms in total. The summed E-state index contributed by atoms with van der Waals surface area (Å²) in [4.78, 5) is 1.89. The van der Waals surface area contributed by atoms with Crippen LogP contribution in [0.4, 0.5) is 13.2 Å². The number of rotatable bonds is 9. The van der Waals surface area contributed by atoms with Gasteiger partial charge in [0.25, 0.3) is 0 Å². The molecule has 0 unspecified atom stereocenters. The third-order valence-electron chi connectivity index (χ3n) is 2.08. The first-order valence-corrected chi connectivity index (χ1v) is 5.72. The predicted octanol–water partition coefficient (Wildman–Crippen LogP) is 1.41. The maximum absolute atomic E-state index is 11.8. The van der Waals surface area contributed by atoms with Gasteiger partial charge in [0, 0.05) is 13.2 Å². The lowest BCUT2D eigenvalue weighted by Crippen LogP contribution is -2.35.